The van der Waals surface area contributed by atoms with Gasteiger partial charge in [-0.05, 0) is 48.4 Å². The Balaban J connectivity index is 1.81. The van der Waals surface area contributed by atoms with Crippen molar-refractivity contribution in [2.24, 2.45) is 16.5 Å². The molecule has 0 heterocycles. The second kappa shape index (κ2) is 14.5. The molecule has 2 rings (SSSR count). The molecule has 37 heavy (non-hydrogen) atoms. The number of alkyl halides is 3. The van der Waals surface area contributed by atoms with Crippen molar-refractivity contribution in [1.29, 1.82) is 0 Å². The molecule has 0 saturated carbocycles. The van der Waals surface area contributed by atoms with Gasteiger partial charge in [0.25, 0.3) is 5.91 Å². The van der Waals surface area contributed by atoms with Gasteiger partial charge in [0.15, 0.2) is 5.96 Å². The Hall–Kier alpha value is -4.00. The molecule has 0 atom stereocenters. The van der Waals surface area contributed by atoms with Crippen molar-refractivity contribution in [3.63, 3.8) is 0 Å². The lowest BCUT2D eigenvalue weighted by Gasteiger charge is -2.23. The highest BCUT2D eigenvalue weighted by atomic mass is 19.4. The van der Waals surface area contributed by atoms with Gasteiger partial charge in [0.05, 0.1) is 13.2 Å². The molecule has 0 saturated heterocycles. The summed E-state index contributed by atoms with van der Waals surface area (Å²) in [6.45, 7) is 1.79. The molecule has 202 valence electrons. The number of hydrogen-bond donors (Lipinski definition) is 5. The first-order chi connectivity index (χ1) is 17.5. The SMILES string of the molecule is NC(N)=NCc1ccc(OCCCN(CCNC(=O)c2ccc(N)cc2)CCNC(=O)C(F)(F)F)cc1. The summed E-state index contributed by atoms with van der Waals surface area (Å²) in [5.41, 5.74) is 18.2. The fourth-order valence-electron chi connectivity index (χ4n) is 3.18. The minimum absolute atomic E-state index is 0.00710. The first kappa shape index (κ1) is 29.2. The second-order valence-corrected chi connectivity index (χ2v) is 8.06. The van der Waals surface area contributed by atoms with Crippen LogP contribution < -0.4 is 32.6 Å². The minimum atomic E-state index is -4.94. The average Bonchev–Trinajstić information content (AvgIpc) is 2.85. The molecule has 8 N–H and O–H groups in total. The number of aliphatic imine (C=N–C) groups is 1. The molecule has 0 fully saturated rings. The van der Waals surface area contributed by atoms with E-state index in [1.807, 2.05) is 22.3 Å². The molecule has 2 aromatic rings. The number of carbonyl (C=O) groups excluding carboxylic acids is 2. The Kier molecular flexibility index (Phi) is 11.5. The van der Waals surface area contributed by atoms with Crippen molar-refractivity contribution in [3.8, 4) is 5.75 Å². The maximum Gasteiger partial charge on any atom is 0.471 e. The molecule has 10 nitrogen and oxygen atoms in total. The minimum Gasteiger partial charge on any atom is -0.494 e. The van der Waals surface area contributed by atoms with Gasteiger partial charge in [-0.15, -0.1) is 0 Å². The zero-order chi connectivity index (χ0) is 27.3. The summed E-state index contributed by atoms with van der Waals surface area (Å²) in [6, 6.07) is 13.7. The molecule has 2 amide bonds. The van der Waals surface area contributed by atoms with Gasteiger partial charge in [-0.25, -0.2) is 4.99 Å². The Morgan fingerprint density at radius 3 is 2.14 bits per heavy atom. The highest BCUT2D eigenvalue weighted by Crippen LogP contribution is 2.14. The summed E-state index contributed by atoms with van der Waals surface area (Å²) in [4.78, 5) is 29.1. The number of anilines is 1. The van der Waals surface area contributed by atoms with Crippen LogP contribution in [0.5, 0.6) is 5.75 Å². The van der Waals surface area contributed by atoms with Gasteiger partial charge in [0, 0.05) is 44.0 Å². The summed E-state index contributed by atoms with van der Waals surface area (Å²) < 4.78 is 43.1. The summed E-state index contributed by atoms with van der Waals surface area (Å²) in [5, 5.41) is 4.63. The number of guanidine groups is 1. The molecular weight excluding hydrogens is 491 g/mol. The number of ether oxygens (including phenoxy) is 1. The first-order valence-electron chi connectivity index (χ1n) is 11.5. The van der Waals surface area contributed by atoms with Gasteiger partial charge in [-0.1, -0.05) is 12.1 Å². The number of halogens is 3. The van der Waals surface area contributed by atoms with E-state index in [1.54, 1.807) is 36.4 Å². The Morgan fingerprint density at radius 2 is 1.54 bits per heavy atom. The predicted molar refractivity (Wildman–Crippen MR) is 135 cm³/mol. The third kappa shape index (κ3) is 11.5. The third-order valence-corrected chi connectivity index (χ3v) is 5.11. The van der Waals surface area contributed by atoms with Crippen LogP contribution in [0.3, 0.4) is 0 Å². The topological polar surface area (TPSA) is 161 Å². The fraction of sp³-hybridized carbons (Fsp3) is 0.375. The van der Waals surface area contributed by atoms with E-state index in [2.05, 4.69) is 10.3 Å². The van der Waals surface area contributed by atoms with Crippen molar-refractivity contribution in [1.82, 2.24) is 15.5 Å². The van der Waals surface area contributed by atoms with Crippen LogP contribution in [0, 0.1) is 0 Å². The molecule has 0 aliphatic heterocycles. The molecule has 13 heteroatoms. The van der Waals surface area contributed by atoms with Gasteiger partial charge >= 0.3 is 12.1 Å². The smallest absolute Gasteiger partial charge is 0.471 e. The highest BCUT2D eigenvalue weighted by Gasteiger charge is 2.38. The van der Waals surface area contributed by atoms with Crippen LogP contribution in [0.15, 0.2) is 53.5 Å². The maximum atomic E-state index is 12.4. The summed E-state index contributed by atoms with van der Waals surface area (Å²) in [6.07, 6.45) is -4.38. The van der Waals surface area contributed by atoms with Crippen LogP contribution in [-0.2, 0) is 11.3 Å². The number of rotatable bonds is 14. The lowest BCUT2D eigenvalue weighted by molar-refractivity contribution is -0.173. The van der Waals surface area contributed by atoms with Crippen LogP contribution >= 0.6 is 0 Å². The van der Waals surface area contributed by atoms with Crippen molar-refractivity contribution < 1.29 is 27.5 Å². The largest absolute Gasteiger partial charge is 0.494 e. The summed E-state index contributed by atoms with van der Waals surface area (Å²) >= 11 is 0. The molecule has 0 aliphatic carbocycles. The monoisotopic (exact) mass is 523 g/mol. The number of amides is 2. The zero-order valence-corrected chi connectivity index (χ0v) is 20.3. The second-order valence-electron chi connectivity index (χ2n) is 8.06. The molecule has 0 aliphatic rings. The molecule has 0 aromatic heterocycles. The van der Waals surface area contributed by atoms with E-state index in [4.69, 9.17) is 21.9 Å². The van der Waals surface area contributed by atoms with Crippen LogP contribution in [0.4, 0.5) is 18.9 Å². The van der Waals surface area contributed by atoms with Crippen LogP contribution in [-0.4, -0.2) is 68.2 Å². The number of carbonyl (C=O) groups is 2. The highest BCUT2D eigenvalue weighted by molar-refractivity contribution is 5.94. The van der Waals surface area contributed by atoms with E-state index < -0.39 is 12.1 Å². The third-order valence-electron chi connectivity index (χ3n) is 5.11. The van der Waals surface area contributed by atoms with Crippen molar-refractivity contribution in [2.75, 3.05) is 45.1 Å². The summed E-state index contributed by atoms with van der Waals surface area (Å²) in [7, 11) is 0. The number of hydrogen-bond acceptors (Lipinski definition) is 6. The predicted octanol–water partition coefficient (Wildman–Crippen LogP) is 1.22. The Morgan fingerprint density at radius 1 is 0.919 bits per heavy atom. The molecule has 0 spiro atoms. The Bertz CT molecular complexity index is 1030. The maximum absolute atomic E-state index is 12.4. The van der Waals surface area contributed by atoms with Gasteiger partial charge in [0.2, 0.25) is 0 Å². The van der Waals surface area contributed by atoms with Gasteiger partial charge in [-0.2, -0.15) is 13.2 Å². The molecule has 0 unspecified atom stereocenters. The van der Waals surface area contributed by atoms with E-state index in [0.29, 0.717) is 49.7 Å². The lowest BCUT2D eigenvalue weighted by atomic mass is 10.2. The van der Waals surface area contributed by atoms with Gasteiger partial charge < -0.3 is 32.6 Å². The number of nitrogens with zero attached hydrogens (tertiary/aromatic N) is 2. The zero-order valence-electron chi connectivity index (χ0n) is 20.3. The van der Waals surface area contributed by atoms with Crippen LogP contribution in [0.25, 0.3) is 0 Å². The van der Waals surface area contributed by atoms with E-state index in [0.717, 1.165) is 5.56 Å². The number of nitrogens with two attached hydrogens (primary N) is 3. The normalized spacial score (nSPS) is 11.1. The number of benzene rings is 2. The van der Waals surface area contributed by atoms with Gasteiger partial charge in [0.1, 0.15) is 5.75 Å². The van der Waals surface area contributed by atoms with E-state index in [9.17, 15) is 22.8 Å². The standard InChI is InChI=1S/C24H32F3N7O3/c25-24(26,27)22(36)32-11-14-34(13-10-31-21(35)18-4-6-19(28)7-5-18)12-1-15-37-20-8-2-17(3-9-20)16-33-23(29)30/h2-9H,1,10-16,28H2,(H,31,35)(H,32,36)(H4,29,30,33). The van der Waals surface area contributed by atoms with Crippen molar-refractivity contribution in [2.45, 2.75) is 19.1 Å². The molecular formula is C24H32F3N7O3. The fourth-order valence-corrected chi connectivity index (χ4v) is 3.18. The molecule has 0 radical (unpaired) electrons. The van der Waals surface area contributed by atoms with E-state index in [1.165, 1.54) is 0 Å². The average molecular weight is 524 g/mol. The van der Waals surface area contributed by atoms with Crippen molar-refractivity contribution in [3.05, 3.63) is 59.7 Å². The van der Waals surface area contributed by atoms with Crippen molar-refractivity contribution >= 4 is 23.5 Å². The quantitative estimate of drug-likeness (QED) is 0.108. The molecule has 2 aromatic carbocycles. The number of nitrogens with one attached hydrogen (secondary N) is 2. The van der Waals surface area contributed by atoms with Crippen LogP contribution in [0.1, 0.15) is 22.3 Å². The van der Waals surface area contributed by atoms with Gasteiger partial charge in [-0.3, -0.25) is 14.5 Å². The summed E-state index contributed by atoms with van der Waals surface area (Å²) in [5.74, 6) is -1.63. The van der Waals surface area contributed by atoms with Crippen LogP contribution in [0.2, 0.25) is 0 Å². The van der Waals surface area contributed by atoms with E-state index >= 15 is 0 Å². The first-order valence-corrected chi connectivity index (χ1v) is 11.5. The Labute approximate surface area is 213 Å². The lowest BCUT2D eigenvalue weighted by Crippen LogP contribution is -2.43. The number of nitrogen functional groups attached to an aromatic ring is 1. The molecule has 0 bridgehead atoms. The van der Waals surface area contributed by atoms with E-state index in [-0.39, 0.29) is 31.5 Å².